The van der Waals surface area contributed by atoms with Crippen LogP contribution in [0.15, 0.2) is 60.2 Å². The Morgan fingerprint density at radius 3 is 2.11 bits per heavy atom. The SMILES string of the molecule is COC(=O)c1c(OC)c(-c2ccc(OCC=C(C)C)c(OS(C)(=O)=O)c2)cc(OC)c1-c1ccc(F)cc1. The van der Waals surface area contributed by atoms with E-state index in [1.807, 2.05) is 19.9 Å². The fraction of sp³-hybridized carbons (Fsp3) is 0.250. The molecule has 0 amide bonds. The maximum atomic E-state index is 13.6. The molecule has 0 saturated carbocycles. The van der Waals surface area contributed by atoms with Gasteiger partial charge < -0.3 is 23.1 Å². The molecule has 0 unspecified atom stereocenters. The summed E-state index contributed by atoms with van der Waals surface area (Å²) in [5.74, 6) is -0.575. The standard InChI is InChI=1S/C28H29FO8S/c1-17(2)13-14-36-22-12-9-19(15-23(22)37-38(6,31)32)21-16-24(33-3)25(18-7-10-20(29)11-8-18)26(27(21)34-4)28(30)35-5/h7-13,15-16H,14H2,1-6H3. The molecule has 0 aliphatic heterocycles. The van der Waals surface area contributed by atoms with Gasteiger partial charge >= 0.3 is 16.1 Å². The number of rotatable bonds is 10. The van der Waals surface area contributed by atoms with Gasteiger partial charge in [0.05, 0.1) is 27.6 Å². The highest BCUT2D eigenvalue weighted by molar-refractivity contribution is 7.86. The van der Waals surface area contributed by atoms with E-state index in [9.17, 15) is 17.6 Å². The van der Waals surface area contributed by atoms with Gasteiger partial charge in [0.1, 0.15) is 29.5 Å². The van der Waals surface area contributed by atoms with Crippen LogP contribution in [-0.2, 0) is 14.9 Å². The minimum Gasteiger partial charge on any atom is -0.496 e. The van der Waals surface area contributed by atoms with Gasteiger partial charge in [-0.3, -0.25) is 0 Å². The van der Waals surface area contributed by atoms with Crippen LogP contribution in [0.2, 0.25) is 0 Å². The van der Waals surface area contributed by atoms with E-state index in [1.165, 1.54) is 51.7 Å². The lowest BCUT2D eigenvalue weighted by Gasteiger charge is -2.20. The van der Waals surface area contributed by atoms with E-state index in [0.717, 1.165) is 11.8 Å². The van der Waals surface area contributed by atoms with Crippen LogP contribution in [-0.4, -0.2) is 48.6 Å². The third kappa shape index (κ3) is 6.63. The first-order chi connectivity index (χ1) is 18.0. The number of hydrogen-bond donors (Lipinski definition) is 0. The lowest BCUT2D eigenvalue weighted by atomic mass is 9.92. The van der Waals surface area contributed by atoms with Gasteiger partial charge in [-0.1, -0.05) is 23.8 Å². The summed E-state index contributed by atoms with van der Waals surface area (Å²) in [5.41, 5.74) is 2.76. The van der Waals surface area contributed by atoms with Gasteiger partial charge in [-0.15, -0.1) is 0 Å². The number of hydrogen-bond acceptors (Lipinski definition) is 8. The maximum absolute atomic E-state index is 13.6. The van der Waals surface area contributed by atoms with Crippen molar-refractivity contribution in [3.05, 3.63) is 71.6 Å². The predicted octanol–water partition coefficient (Wildman–Crippen LogP) is 5.65. The average Bonchev–Trinajstić information content (AvgIpc) is 2.87. The van der Waals surface area contributed by atoms with Crippen LogP contribution in [0.3, 0.4) is 0 Å². The van der Waals surface area contributed by atoms with Crippen LogP contribution in [0.5, 0.6) is 23.0 Å². The second kappa shape index (κ2) is 12.0. The van der Waals surface area contributed by atoms with Crippen molar-refractivity contribution in [2.75, 3.05) is 34.2 Å². The normalized spacial score (nSPS) is 10.9. The lowest BCUT2D eigenvalue weighted by Crippen LogP contribution is -2.10. The molecule has 0 spiro atoms. The summed E-state index contributed by atoms with van der Waals surface area (Å²) in [5, 5.41) is 0. The Labute approximate surface area is 221 Å². The van der Waals surface area contributed by atoms with E-state index < -0.39 is 21.9 Å². The molecular weight excluding hydrogens is 515 g/mol. The molecule has 0 heterocycles. The van der Waals surface area contributed by atoms with Gasteiger partial charge in [-0.05, 0) is 61.4 Å². The summed E-state index contributed by atoms with van der Waals surface area (Å²) in [6.07, 6.45) is 2.76. The van der Waals surface area contributed by atoms with Gasteiger partial charge in [0, 0.05) is 11.1 Å². The van der Waals surface area contributed by atoms with Crippen LogP contribution < -0.4 is 18.4 Å². The number of carbonyl (C=O) groups is 1. The zero-order valence-corrected chi connectivity index (χ0v) is 22.8. The Bertz CT molecular complexity index is 1460. The smallest absolute Gasteiger partial charge is 0.342 e. The molecule has 3 aromatic rings. The van der Waals surface area contributed by atoms with Gasteiger partial charge in [0.25, 0.3) is 0 Å². The first-order valence-corrected chi connectivity index (χ1v) is 13.2. The molecule has 0 aromatic heterocycles. The van der Waals surface area contributed by atoms with Crippen molar-refractivity contribution >= 4 is 16.1 Å². The van der Waals surface area contributed by atoms with E-state index in [0.29, 0.717) is 22.3 Å². The monoisotopic (exact) mass is 544 g/mol. The van der Waals surface area contributed by atoms with Crippen molar-refractivity contribution in [3.63, 3.8) is 0 Å². The fourth-order valence-corrected chi connectivity index (χ4v) is 4.21. The summed E-state index contributed by atoms with van der Waals surface area (Å²) >= 11 is 0. The van der Waals surface area contributed by atoms with Crippen molar-refractivity contribution in [3.8, 4) is 45.3 Å². The molecule has 10 heteroatoms. The highest BCUT2D eigenvalue weighted by Crippen LogP contribution is 2.46. The highest BCUT2D eigenvalue weighted by Gasteiger charge is 2.28. The highest BCUT2D eigenvalue weighted by atomic mass is 32.2. The van der Waals surface area contributed by atoms with Crippen LogP contribution in [0.1, 0.15) is 24.2 Å². The molecule has 38 heavy (non-hydrogen) atoms. The molecule has 0 atom stereocenters. The van der Waals surface area contributed by atoms with Gasteiger partial charge in [-0.2, -0.15) is 8.42 Å². The van der Waals surface area contributed by atoms with Crippen molar-refractivity contribution in [2.45, 2.75) is 13.8 Å². The van der Waals surface area contributed by atoms with E-state index in [4.69, 9.17) is 23.1 Å². The quantitative estimate of drug-likeness (QED) is 0.184. The average molecular weight is 545 g/mol. The number of halogens is 1. The molecule has 0 N–H and O–H groups in total. The molecule has 0 aliphatic carbocycles. The summed E-state index contributed by atoms with van der Waals surface area (Å²) in [6.45, 7) is 4.03. The molecule has 202 valence electrons. The number of ether oxygens (including phenoxy) is 4. The third-order valence-corrected chi connectivity index (χ3v) is 5.90. The molecule has 0 radical (unpaired) electrons. The third-order valence-electron chi connectivity index (χ3n) is 5.42. The van der Waals surface area contributed by atoms with Crippen molar-refractivity contribution < 1.29 is 40.7 Å². The van der Waals surface area contributed by atoms with Crippen LogP contribution in [0.4, 0.5) is 4.39 Å². The van der Waals surface area contributed by atoms with Crippen LogP contribution in [0.25, 0.3) is 22.3 Å². The van der Waals surface area contributed by atoms with Crippen LogP contribution in [0, 0.1) is 5.82 Å². The Balaban J connectivity index is 2.29. The van der Waals surface area contributed by atoms with E-state index >= 15 is 0 Å². The fourth-order valence-electron chi connectivity index (χ4n) is 3.75. The Morgan fingerprint density at radius 1 is 0.895 bits per heavy atom. The molecule has 0 aliphatic rings. The summed E-state index contributed by atoms with van der Waals surface area (Å²) < 4.78 is 64.9. The Morgan fingerprint density at radius 2 is 1.55 bits per heavy atom. The number of benzene rings is 3. The first-order valence-electron chi connectivity index (χ1n) is 11.4. The minimum absolute atomic E-state index is 0.0459. The summed E-state index contributed by atoms with van der Waals surface area (Å²) in [6, 6.07) is 11.9. The largest absolute Gasteiger partial charge is 0.496 e. The number of methoxy groups -OCH3 is 3. The van der Waals surface area contributed by atoms with Crippen LogP contribution >= 0.6 is 0 Å². The van der Waals surface area contributed by atoms with E-state index in [-0.39, 0.29) is 35.2 Å². The van der Waals surface area contributed by atoms with E-state index in [2.05, 4.69) is 0 Å². The topological polar surface area (TPSA) is 97.4 Å². The lowest BCUT2D eigenvalue weighted by molar-refractivity contribution is 0.0597. The van der Waals surface area contributed by atoms with E-state index in [1.54, 1.807) is 18.2 Å². The van der Waals surface area contributed by atoms with Crippen molar-refractivity contribution in [2.24, 2.45) is 0 Å². The molecule has 0 saturated heterocycles. The molecule has 3 rings (SSSR count). The van der Waals surface area contributed by atoms with Gasteiger partial charge in [0.15, 0.2) is 11.5 Å². The zero-order chi connectivity index (χ0) is 28.0. The number of carbonyl (C=O) groups excluding carboxylic acids is 1. The zero-order valence-electron chi connectivity index (χ0n) is 22.0. The molecule has 0 fully saturated rings. The molecular formula is C28H29FO8S. The van der Waals surface area contributed by atoms with Crippen molar-refractivity contribution in [1.82, 2.24) is 0 Å². The Kier molecular flexibility index (Phi) is 9.00. The number of esters is 1. The van der Waals surface area contributed by atoms with Gasteiger partial charge in [-0.25, -0.2) is 9.18 Å². The first kappa shape index (κ1) is 28.5. The second-order valence-corrected chi connectivity index (χ2v) is 10.0. The molecule has 3 aromatic carbocycles. The summed E-state index contributed by atoms with van der Waals surface area (Å²) in [7, 11) is 0.146. The molecule has 8 nitrogen and oxygen atoms in total. The Hall–Kier alpha value is -4.05. The summed E-state index contributed by atoms with van der Waals surface area (Å²) in [4.78, 5) is 13.0. The number of allylic oxidation sites excluding steroid dienone is 1. The maximum Gasteiger partial charge on any atom is 0.342 e. The van der Waals surface area contributed by atoms with Gasteiger partial charge in [0.2, 0.25) is 0 Å². The predicted molar refractivity (Wildman–Crippen MR) is 142 cm³/mol. The minimum atomic E-state index is -3.90. The second-order valence-electron chi connectivity index (χ2n) is 8.45. The van der Waals surface area contributed by atoms with Crippen molar-refractivity contribution in [1.29, 1.82) is 0 Å². The molecule has 0 bridgehead atoms.